The zero-order valence-corrected chi connectivity index (χ0v) is 77.5. The van der Waals surface area contributed by atoms with E-state index < -0.39 is 18.3 Å². The highest BCUT2D eigenvalue weighted by Gasteiger charge is 2.41. The van der Waals surface area contributed by atoms with Crippen LogP contribution in [-0.2, 0) is 30.4 Å². The van der Waals surface area contributed by atoms with Crippen molar-refractivity contribution in [2.45, 2.75) is 56.8 Å². The summed E-state index contributed by atoms with van der Waals surface area (Å²) < 4.78 is 45.8. The number of fused-ring (bicyclic) bond motifs is 12. The van der Waals surface area contributed by atoms with Crippen molar-refractivity contribution >= 4 is 142 Å². The van der Waals surface area contributed by atoms with E-state index in [1.807, 2.05) is 164 Å². The SMILES string of the molecule is COc1ccc(C2c3[nH]c4ccc(C)cc4c3CCN2C(=O)Oc2ccc(Cl)cc2)cc1.COc1ccc(OC(=O)N2CCc3c([nH]c4ccc(Br)cc34)[C@@H]2c2ccc(Cl)cc2)cc1.O=C(Oc1ccc(Cl)cc1)N1CCc2c([nH]c3ccc(Cl)cc23)C1c1ccc(OCCN2CCOCC2)cc1.O=C(Oc1ccccc1)N1CCc2c([nH]c3ccc(Cl)cc23)C1c1ccccc1. The summed E-state index contributed by atoms with van der Waals surface area (Å²) in [6.07, 6.45) is 1.33. The number of morpholine rings is 1. The third-order valence-electron chi connectivity index (χ3n) is 24.4. The van der Waals surface area contributed by atoms with E-state index in [0.717, 1.165) is 151 Å². The molecule has 1 fully saturated rings. The number of aryl methyl sites for hydroxylation is 1. The lowest BCUT2D eigenvalue weighted by Crippen LogP contribution is -2.42. The number of para-hydroxylation sites is 1. The zero-order chi connectivity index (χ0) is 91.0. The van der Waals surface area contributed by atoms with Crippen LogP contribution < -0.4 is 33.2 Å². The molecular weight excluding hydrogens is 1840 g/mol. The van der Waals surface area contributed by atoms with Gasteiger partial charge in [-0.15, -0.1) is 0 Å². The Morgan fingerprint density at radius 3 is 1.05 bits per heavy atom. The van der Waals surface area contributed by atoms with Gasteiger partial charge in [0.05, 0.1) is 27.4 Å². The third-order valence-corrected chi connectivity index (χ3v) is 26.2. The topological polar surface area (TPSA) is 221 Å². The van der Waals surface area contributed by atoms with Gasteiger partial charge in [-0.2, -0.15) is 0 Å². The minimum Gasteiger partial charge on any atom is -0.497 e. The lowest BCUT2D eigenvalue weighted by molar-refractivity contribution is 0.0322. The number of H-pyrrole nitrogens is 4. The van der Waals surface area contributed by atoms with Crippen LogP contribution in [0.2, 0.25) is 25.1 Å². The quantitative estimate of drug-likeness (QED) is 0.0797. The summed E-state index contributed by atoms with van der Waals surface area (Å²) in [6, 6.07) is 86.3. The third kappa shape index (κ3) is 20.0. The largest absolute Gasteiger partial charge is 0.497 e. The molecule has 0 bridgehead atoms. The van der Waals surface area contributed by atoms with Gasteiger partial charge in [0, 0.05) is 142 Å². The molecule has 21 rings (SSSR count). The van der Waals surface area contributed by atoms with E-state index in [2.05, 4.69) is 78.0 Å². The molecule has 1 saturated heterocycles. The average molecular weight is 1930 g/mol. The summed E-state index contributed by atoms with van der Waals surface area (Å²) in [4.78, 5) is 76.8. The van der Waals surface area contributed by atoms with Gasteiger partial charge in [0.1, 0.15) is 71.0 Å². The molecule has 3 unspecified atom stereocenters. The van der Waals surface area contributed by atoms with Crippen molar-refractivity contribution in [1.82, 2.24) is 44.4 Å². The monoisotopic (exact) mass is 1920 g/mol. The van der Waals surface area contributed by atoms with Crippen LogP contribution in [0.5, 0.6) is 40.2 Å². The Labute approximate surface area is 795 Å². The van der Waals surface area contributed by atoms with Crippen molar-refractivity contribution in [2.24, 2.45) is 0 Å². The van der Waals surface area contributed by atoms with E-state index in [1.54, 1.807) is 119 Å². The lowest BCUT2D eigenvalue weighted by atomic mass is 9.92. The zero-order valence-electron chi connectivity index (χ0n) is 72.2. The molecule has 670 valence electrons. The summed E-state index contributed by atoms with van der Waals surface area (Å²) in [5.41, 5.74) is 18.1. The van der Waals surface area contributed by atoms with E-state index in [9.17, 15) is 19.2 Å². The molecule has 4 atom stereocenters. The summed E-state index contributed by atoms with van der Waals surface area (Å²) in [6.45, 7) is 9.13. The second-order valence-corrected chi connectivity index (χ2v) is 35.6. The number of rotatable bonds is 14. The Morgan fingerprint density at radius 2 is 0.644 bits per heavy atom. The van der Waals surface area contributed by atoms with Gasteiger partial charge in [0.2, 0.25) is 0 Å². The summed E-state index contributed by atoms with van der Waals surface area (Å²) in [5, 5.41) is 7.79. The molecule has 0 saturated carbocycles. The number of hydrogen-bond donors (Lipinski definition) is 4. The minimum absolute atomic E-state index is 0.248. The van der Waals surface area contributed by atoms with Crippen molar-refractivity contribution in [3.05, 3.63) is 381 Å². The maximum atomic E-state index is 13.5. The molecule has 0 aliphatic carbocycles. The van der Waals surface area contributed by atoms with Crippen molar-refractivity contribution < 1.29 is 57.1 Å². The summed E-state index contributed by atoms with van der Waals surface area (Å²) in [5.74, 6) is 4.19. The number of amides is 4. The Hall–Kier alpha value is -12.9. The van der Waals surface area contributed by atoms with Gasteiger partial charge < -0.3 is 57.8 Å². The average Bonchev–Trinajstić information content (AvgIpc) is 1.61. The highest BCUT2D eigenvalue weighted by Crippen LogP contribution is 2.46. The van der Waals surface area contributed by atoms with Crippen molar-refractivity contribution in [3.8, 4) is 40.2 Å². The molecule has 9 heterocycles. The van der Waals surface area contributed by atoms with Crippen LogP contribution in [0.3, 0.4) is 0 Å². The van der Waals surface area contributed by atoms with E-state index in [1.165, 1.54) is 33.2 Å². The van der Waals surface area contributed by atoms with E-state index in [4.69, 9.17) is 95.9 Å². The summed E-state index contributed by atoms with van der Waals surface area (Å²) in [7, 11) is 3.24. The second-order valence-electron chi connectivity index (χ2n) is 32.5. The minimum atomic E-state index is -0.421. The smallest absolute Gasteiger partial charge is 0.416 e. The Bertz CT molecular complexity index is 6820. The van der Waals surface area contributed by atoms with E-state index in [0.29, 0.717) is 93.1 Å². The fourth-order valence-electron chi connectivity index (χ4n) is 18.1. The number of halogens is 6. The van der Waals surface area contributed by atoms with Gasteiger partial charge >= 0.3 is 24.4 Å². The van der Waals surface area contributed by atoms with Crippen molar-refractivity contribution in [1.29, 1.82) is 0 Å². The summed E-state index contributed by atoms with van der Waals surface area (Å²) >= 11 is 34.3. The molecule has 0 spiro atoms. The predicted molar refractivity (Wildman–Crippen MR) is 521 cm³/mol. The molecule has 12 aromatic carbocycles. The van der Waals surface area contributed by atoms with Gasteiger partial charge in [-0.1, -0.05) is 170 Å². The van der Waals surface area contributed by atoms with Crippen LogP contribution in [0.15, 0.2) is 284 Å². The first-order chi connectivity index (χ1) is 64.3. The molecule has 5 aliphatic heterocycles. The Kier molecular flexibility index (Phi) is 27.5. The molecule has 21 nitrogen and oxygen atoms in total. The molecule has 4 aromatic heterocycles. The molecule has 5 aliphatic rings. The van der Waals surface area contributed by atoms with E-state index in [-0.39, 0.29) is 30.3 Å². The predicted octanol–water partition coefficient (Wildman–Crippen LogP) is 25.3. The Morgan fingerprint density at radius 1 is 0.341 bits per heavy atom. The van der Waals surface area contributed by atoms with Crippen LogP contribution in [0.1, 0.15) is 97.0 Å². The van der Waals surface area contributed by atoms with Gasteiger partial charge in [-0.25, -0.2) is 19.2 Å². The van der Waals surface area contributed by atoms with Crippen LogP contribution in [-0.4, -0.2) is 149 Å². The number of benzene rings is 12. The molecule has 27 heteroatoms. The highest BCUT2D eigenvalue weighted by atomic mass is 79.9. The van der Waals surface area contributed by atoms with E-state index >= 15 is 0 Å². The van der Waals surface area contributed by atoms with Crippen molar-refractivity contribution in [3.63, 3.8) is 0 Å². The highest BCUT2D eigenvalue weighted by molar-refractivity contribution is 9.10. The normalized spacial score (nSPS) is 16.2. The van der Waals surface area contributed by atoms with Crippen molar-refractivity contribution in [2.75, 3.05) is 79.9 Å². The van der Waals surface area contributed by atoms with Gasteiger partial charge in [-0.3, -0.25) is 24.5 Å². The number of carbonyl (C=O) groups is 4. The number of aromatic amines is 4. The number of ether oxygens (including phenoxy) is 8. The van der Waals surface area contributed by atoms with Crippen LogP contribution >= 0.6 is 73.9 Å². The number of carbonyl (C=O) groups excluding carboxylic acids is 4. The maximum Gasteiger partial charge on any atom is 0.416 e. The van der Waals surface area contributed by atoms with Gasteiger partial charge in [0.15, 0.2) is 0 Å². The molecule has 0 radical (unpaired) electrons. The van der Waals surface area contributed by atoms with Gasteiger partial charge in [-0.05, 0) is 265 Å². The van der Waals surface area contributed by atoms with Crippen LogP contribution in [0.4, 0.5) is 19.2 Å². The number of aromatic nitrogens is 4. The number of nitrogens with one attached hydrogen (secondary N) is 4. The molecule has 4 N–H and O–H groups in total. The second kappa shape index (κ2) is 40.5. The van der Waals surface area contributed by atoms with Crippen LogP contribution in [0, 0.1) is 6.92 Å². The van der Waals surface area contributed by atoms with Crippen LogP contribution in [0.25, 0.3) is 43.6 Å². The van der Waals surface area contributed by atoms with Gasteiger partial charge in [0.25, 0.3) is 0 Å². The lowest BCUT2D eigenvalue weighted by Gasteiger charge is -2.35. The number of methoxy groups -OCH3 is 2. The molecular formula is C105H91BrCl5N9O12. The Balaban J connectivity index is 0.000000119. The fourth-order valence-corrected chi connectivity index (χ4v) is 19.1. The molecule has 4 amide bonds. The fraction of sp³-hybridized carbons (Fsp3) is 0.200. The standard InChI is InChI=1S/C30H29Cl2N3O4.C26H23ClN2O3.C25H20BrClN2O3.C24H19ClN2O2/c31-21-3-8-24(9-4-21)39-30(36)35-12-11-25-26-19-22(32)5-10-27(26)33-28(25)29(35)20-1-6-23(7-2-20)38-18-15-34-13-16-37-17-14-34;1-16-3-12-23-22(15-16)21-13-14-29(26(30)32-20-10-6-18(27)7-11-20)25(24(21)28-23)17-4-8-19(31-2)9-5-17;1-31-18-7-9-19(10-8-18)32-25(30)29-13-12-20-21-14-16(26)4-11-22(21)28-23(20)24(29)15-2-5-17(27)6-3-15;25-17-11-12-21-20(15-17)19-13-14-27(24(28)29-18-9-5-2-6-10-18)23(22(19)26-21)16-7-3-1-4-8-16/h1-10,19,29,33H,11-18H2;3-12,15,25,28H,13-14H2,1-2H3;2-11,14,24,28H,12-13H2,1H3;1-12,15,23,26H,13-14H2/t;;24-;/m..0./s1. The number of hydrogen-bond acceptors (Lipinski definition) is 13. The molecule has 132 heavy (non-hydrogen) atoms. The molecule has 16 aromatic rings. The first-order valence-electron chi connectivity index (χ1n) is 43.4. The number of nitrogens with zero attached hydrogens (tertiary/aromatic N) is 5. The maximum absolute atomic E-state index is 13.5. The first kappa shape index (κ1) is 89.7. The first-order valence-corrected chi connectivity index (χ1v) is 46.1.